The first-order chi connectivity index (χ1) is 7.83. The van der Waals surface area contributed by atoms with E-state index in [1.165, 1.54) is 15.3 Å². The van der Waals surface area contributed by atoms with E-state index in [-0.39, 0.29) is 0 Å². The fourth-order valence-electron chi connectivity index (χ4n) is 1.22. The van der Waals surface area contributed by atoms with Gasteiger partial charge < -0.3 is 4.74 Å². The SMILES string of the molecule is N#CSCCCCCOc1ccc(I)cc1. The number of unbranched alkanes of at least 4 members (excludes halogenated alkanes) is 2. The summed E-state index contributed by atoms with van der Waals surface area (Å²) in [5.41, 5.74) is 0. The summed E-state index contributed by atoms with van der Waals surface area (Å²) in [4.78, 5) is 0. The molecule has 0 N–H and O–H groups in total. The molecule has 1 aromatic rings. The normalized spacial score (nSPS) is 9.75. The molecule has 0 saturated carbocycles. The second-order valence-corrected chi connectivity index (χ2v) is 5.43. The number of thiocyanates is 1. The smallest absolute Gasteiger partial charge is 0.133 e. The predicted octanol–water partition coefficient (Wildman–Crippen LogP) is 4.05. The molecule has 0 aliphatic heterocycles. The fourth-order valence-corrected chi connectivity index (χ4v) is 2.02. The molecule has 0 aromatic heterocycles. The van der Waals surface area contributed by atoms with E-state index in [1.54, 1.807) is 0 Å². The van der Waals surface area contributed by atoms with Crippen LogP contribution in [0.3, 0.4) is 0 Å². The molecule has 16 heavy (non-hydrogen) atoms. The van der Waals surface area contributed by atoms with Crippen LogP contribution in [0.4, 0.5) is 0 Å². The van der Waals surface area contributed by atoms with Crippen LogP contribution in [0.25, 0.3) is 0 Å². The quantitative estimate of drug-likeness (QED) is 0.424. The molecule has 0 aliphatic carbocycles. The van der Waals surface area contributed by atoms with Crippen molar-refractivity contribution in [1.82, 2.24) is 0 Å². The van der Waals surface area contributed by atoms with Crippen LogP contribution >= 0.6 is 34.4 Å². The highest BCUT2D eigenvalue weighted by Gasteiger charge is 1.94. The van der Waals surface area contributed by atoms with Gasteiger partial charge in [0.25, 0.3) is 0 Å². The lowest BCUT2D eigenvalue weighted by Gasteiger charge is -2.05. The van der Waals surface area contributed by atoms with Crippen LogP contribution in [0.2, 0.25) is 0 Å². The molecular weight excluding hydrogens is 333 g/mol. The van der Waals surface area contributed by atoms with Crippen LogP contribution in [0.15, 0.2) is 24.3 Å². The van der Waals surface area contributed by atoms with Gasteiger partial charge in [-0.15, -0.1) is 0 Å². The van der Waals surface area contributed by atoms with Crippen molar-refractivity contribution in [3.63, 3.8) is 0 Å². The van der Waals surface area contributed by atoms with Crippen LogP contribution in [0.5, 0.6) is 5.75 Å². The fraction of sp³-hybridized carbons (Fsp3) is 0.417. The summed E-state index contributed by atoms with van der Waals surface area (Å²) in [7, 11) is 0. The summed E-state index contributed by atoms with van der Waals surface area (Å²) in [6.45, 7) is 0.762. The number of benzene rings is 1. The summed E-state index contributed by atoms with van der Waals surface area (Å²) in [6.07, 6.45) is 3.27. The summed E-state index contributed by atoms with van der Waals surface area (Å²) in [6, 6.07) is 8.07. The van der Waals surface area contributed by atoms with Gasteiger partial charge in [-0.25, -0.2) is 0 Å². The molecule has 0 heterocycles. The average molecular weight is 347 g/mol. The van der Waals surface area contributed by atoms with E-state index >= 15 is 0 Å². The minimum atomic E-state index is 0.762. The van der Waals surface area contributed by atoms with Gasteiger partial charge >= 0.3 is 0 Å². The average Bonchev–Trinajstić information content (AvgIpc) is 2.30. The largest absolute Gasteiger partial charge is 0.494 e. The third kappa shape index (κ3) is 6.23. The first kappa shape index (κ1) is 13.7. The monoisotopic (exact) mass is 347 g/mol. The predicted molar refractivity (Wildman–Crippen MR) is 76.6 cm³/mol. The second kappa shape index (κ2) is 8.71. The van der Waals surface area contributed by atoms with Crippen LogP contribution in [-0.4, -0.2) is 12.4 Å². The number of halogens is 1. The molecule has 0 saturated heterocycles. The standard InChI is InChI=1S/C12H14INOS/c13-11-4-6-12(7-5-11)15-8-2-1-3-9-16-10-14/h4-7H,1-3,8-9H2. The van der Waals surface area contributed by atoms with E-state index in [0.29, 0.717) is 0 Å². The van der Waals surface area contributed by atoms with Crippen molar-refractivity contribution in [2.75, 3.05) is 12.4 Å². The first-order valence-electron chi connectivity index (χ1n) is 5.22. The molecule has 0 amide bonds. The zero-order valence-corrected chi connectivity index (χ0v) is 12.0. The van der Waals surface area contributed by atoms with Crippen LogP contribution in [-0.2, 0) is 0 Å². The van der Waals surface area contributed by atoms with Gasteiger partial charge in [-0.2, -0.15) is 5.26 Å². The molecule has 86 valence electrons. The van der Waals surface area contributed by atoms with E-state index in [1.807, 2.05) is 24.3 Å². The Morgan fingerprint density at radius 2 is 1.94 bits per heavy atom. The number of nitriles is 1. The lowest BCUT2D eigenvalue weighted by atomic mass is 10.3. The van der Waals surface area contributed by atoms with Gasteiger partial charge in [0.05, 0.1) is 6.61 Å². The summed E-state index contributed by atoms with van der Waals surface area (Å²) in [5, 5.41) is 10.4. The van der Waals surface area contributed by atoms with E-state index in [4.69, 9.17) is 10.00 Å². The van der Waals surface area contributed by atoms with Gasteiger partial charge in [-0.1, -0.05) is 0 Å². The summed E-state index contributed by atoms with van der Waals surface area (Å²) >= 11 is 3.60. The Morgan fingerprint density at radius 1 is 1.19 bits per heavy atom. The molecule has 1 aromatic carbocycles. The highest BCUT2D eigenvalue weighted by atomic mass is 127. The summed E-state index contributed by atoms with van der Waals surface area (Å²) in [5.74, 6) is 1.87. The van der Waals surface area contributed by atoms with Crippen LogP contribution < -0.4 is 4.74 Å². The molecule has 0 atom stereocenters. The van der Waals surface area contributed by atoms with E-state index in [0.717, 1.165) is 37.4 Å². The Morgan fingerprint density at radius 3 is 2.62 bits per heavy atom. The zero-order valence-electron chi connectivity index (χ0n) is 8.99. The third-order valence-corrected chi connectivity index (χ3v) is 3.38. The van der Waals surface area contributed by atoms with Gasteiger partial charge in [0.15, 0.2) is 0 Å². The van der Waals surface area contributed by atoms with Crippen molar-refractivity contribution < 1.29 is 4.74 Å². The Hall–Kier alpha value is -0.410. The zero-order chi connectivity index (χ0) is 11.6. The van der Waals surface area contributed by atoms with Crippen LogP contribution in [0, 0.1) is 14.2 Å². The number of nitrogens with zero attached hydrogens (tertiary/aromatic N) is 1. The molecule has 1 rings (SSSR count). The topological polar surface area (TPSA) is 33.0 Å². The van der Waals surface area contributed by atoms with Gasteiger partial charge in [0.1, 0.15) is 11.2 Å². The van der Waals surface area contributed by atoms with Crippen molar-refractivity contribution in [3.8, 4) is 11.2 Å². The molecule has 0 unspecified atom stereocenters. The highest BCUT2D eigenvalue weighted by molar-refractivity contribution is 14.1. The van der Waals surface area contributed by atoms with Crippen LogP contribution in [0.1, 0.15) is 19.3 Å². The lowest BCUT2D eigenvalue weighted by Crippen LogP contribution is -1.97. The molecule has 0 bridgehead atoms. The minimum Gasteiger partial charge on any atom is -0.494 e. The van der Waals surface area contributed by atoms with Crippen molar-refractivity contribution in [3.05, 3.63) is 27.8 Å². The third-order valence-electron chi connectivity index (χ3n) is 2.04. The number of hydrogen-bond acceptors (Lipinski definition) is 3. The minimum absolute atomic E-state index is 0.762. The van der Waals surface area contributed by atoms with Crippen molar-refractivity contribution in [2.45, 2.75) is 19.3 Å². The molecule has 0 fully saturated rings. The van der Waals surface area contributed by atoms with Gasteiger partial charge in [0, 0.05) is 9.32 Å². The number of ether oxygens (including phenoxy) is 1. The first-order valence-corrected chi connectivity index (χ1v) is 7.28. The Labute approximate surface area is 115 Å². The maximum Gasteiger partial charge on any atom is 0.133 e. The Balaban J connectivity index is 2.03. The second-order valence-electron chi connectivity index (χ2n) is 3.30. The number of rotatable bonds is 7. The molecule has 0 spiro atoms. The summed E-state index contributed by atoms with van der Waals surface area (Å²) < 4.78 is 6.81. The molecular formula is C12H14INOS. The van der Waals surface area contributed by atoms with E-state index < -0.39 is 0 Å². The number of hydrogen-bond donors (Lipinski definition) is 0. The molecule has 2 nitrogen and oxygen atoms in total. The van der Waals surface area contributed by atoms with Gasteiger partial charge in [0.2, 0.25) is 0 Å². The Kier molecular flexibility index (Phi) is 7.43. The lowest BCUT2D eigenvalue weighted by molar-refractivity contribution is 0.306. The Bertz CT molecular complexity index is 334. The maximum absolute atomic E-state index is 8.33. The van der Waals surface area contributed by atoms with E-state index in [2.05, 4.69) is 28.0 Å². The molecule has 0 radical (unpaired) electrons. The molecule has 0 aliphatic rings. The molecule has 4 heteroatoms. The van der Waals surface area contributed by atoms with Crippen molar-refractivity contribution in [2.24, 2.45) is 0 Å². The highest BCUT2D eigenvalue weighted by Crippen LogP contribution is 2.14. The van der Waals surface area contributed by atoms with Crippen molar-refractivity contribution >= 4 is 34.4 Å². The van der Waals surface area contributed by atoms with Gasteiger partial charge in [-0.05, 0) is 77.9 Å². The van der Waals surface area contributed by atoms with E-state index in [9.17, 15) is 0 Å². The maximum atomic E-state index is 8.33. The number of thioether (sulfide) groups is 1. The van der Waals surface area contributed by atoms with Crippen molar-refractivity contribution in [1.29, 1.82) is 5.26 Å². The van der Waals surface area contributed by atoms with Gasteiger partial charge in [-0.3, -0.25) is 0 Å².